The molecule has 3 rings (SSSR count). The van der Waals surface area contributed by atoms with Gasteiger partial charge in [0.2, 0.25) is 5.76 Å². The Bertz CT molecular complexity index is 896. The van der Waals surface area contributed by atoms with Crippen LogP contribution < -0.4 is 10.2 Å². The SMILES string of the molecule is CCCOC(=O)c1oc2c(c1C)/C(=N/NC(=O)c1ccc(OC)cc1)CCC2. The molecule has 1 N–H and O–H groups in total. The molecule has 7 nitrogen and oxygen atoms in total. The molecular formula is C21H24N2O5. The van der Waals surface area contributed by atoms with Gasteiger partial charge >= 0.3 is 5.97 Å². The summed E-state index contributed by atoms with van der Waals surface area (Å²) in [5.41, 5.74) is 5.28. The number of benzene rings is 1. The van der Waals surface area contributed by atoms with Crippen molar-refractivity contribution in [2.24, 2.45) is 5.10 Å². The summed E-state index contributed by atoms with van der Waals surface area (Å²) in [5.74, 6) is 0.830. The van der Waals surface area contributed by atoms with E-state index in [1.165, 1.54) is 0 Å². The van der Waals surface area contributed by atoms with Crippen molar-refractivity contribution in [1.29, 1.82) is 0 Å². The summed E-state index contributed by atoms with van der Waals surface area (Å²) >= 11 is 0. The first-order valence-electron chi connectivity index (χ1n) is 9.35. The smallest absolute Gasteiger partial charge is 0.374 e. The Hall–Kier alpha value is -3.09. The van der Waals surface area contributed by atoms with E-state index in [1.54, 1.807) is 31.4 Å². The van der Waals surface area contributed by atoms with Gasteiger partial charge in [-0.15, -0.1) is 0 Å². The second-order valence-corrected chi connectivity index (χ2v) is 6.57. The van der Waals surface area contributed by atoms with E-state index in [-0.39, 0.29) is 11.7 Å². The second-order valence-electron chi connectivity index (χ2n) is 6.57. The number of carbonyl (C=O) groups is 2. The minimum atomic E-state index is -0.463. The van der Waals surface area contributed by atoms with Crippen molar-refractivity contribution >= 4 is 17.6 Å². The van der Waals surface area contributed by atoms with Crippen LogP contribution in [0.25, 0.3) is 0 Å². The number of aryl methyl sites for hydroxylation is 1. The standard InChI is InChI=1S/C21H24N2O5/c1-4-12-27-21(25)19-13(2)18-16(6-5-7-17(18)28-19)22-23-20(24)14-8-10-15(26-3)11-9-14/h8-11H,4-7,12H2,1-3H3,(H,23,24)/b22-16+. The predicted octanol–water partition coefficient (Wildman–Crippen LogP) is 3.63. The number of ether oxygens (including phenoxy) is 2. The summed E-state index contributed by atoms with van der Waals surface area (Å²) in [5, 5.41) is 4.31. The second kappa shape index (κ2) is 8.73. The fourth-order valence-corrected chi connectivity index (χ4v) is 3.16. The summed E-state index contributed by atoms with van der Waals surface area (Å²) in [6, 6.07) is 6.78. The third kappa shape index (κ3) is 4.08. The van der Waals surface area contributed by atoms with Gasteiger partial charge < -0.3 is 13.9 Å². The zero-order valence-corrected chi connectivity index (χ0v) is 16.3. The summed E-state index contributed by atoms with van der Waals surface area (Å²) < 4.78 is 16.0. The van der Waals surface area contributed by atoms with Crippen LogP contribution >= 0.6 is 0 Å². The van der Waals surface area contributed by atoms with E-state index in [4.69, 9.17) is 13.9 Å². The lowest BCUT2D eigenvalue weighted by molar-refractivity contribution is 0.0465. The van der Waals surface area contributed by atoms with Gasteiger partial charge in [-0.1, -0.05) is 6.92 Å². The normalized spacial score (nSPS) is 14.5. The van der Waals surface area contributed by atoms with E-state index in [2.05, 4.69) is 10.5 Å². The number of methoxy groups -OCH3 is 1. The van der Waals surface area contributed by atoms with Crippen LogP contribution in [0.15, 0.2) is 33.8 Å². The molecule has 2 aromatic rings. The monoisotopic (exact) mass is 384 g/mol. The van der Waals surface area contributed by atoms with Crippen LogP contribution in [0.5, 0.6) is 5.75 Å². The molecule has 0 atom stereocenters. The van der Waals surface area contributed by atoms with Crippen LogP contribution in [0.2, 0.25) is 0 Å². The van der Waals surface area contributed by atoms with Crippen molar-refractivity contribution in [2.45, 2.75) is 39.5 Å². The van der Waals surface area contributed by atoms with Crippen molar-refractivity contribution in [1.82, 2.24) is 5.43 Å². The Morgan fingerprint density at radius 3 is 2.64 bits per heavy atom. The van der Waals surface area contributed by atoms with Crippen molar-refractivity contribution in [3.63, 3.8) is 0 Å². The van der Waals surface area contributed by atoms with Crippen molar-refractivity contribution in [3.8, 4) is 5.75 Å². The van der Waals surface area contributed by atoms with E-state index in [9.17, 15) is 9.59 Å². The maximum atomic E-state index is 12.4. The van der Waals surface area contributed by atoms with E-state index >= 15 is 0 Å². The van der Waals surface area contributed by atoms with E-state index < -0.39 is 5.97 Å². The molecule has 28 heavy (non-hydrogen) atoms. The van der Waals surface area contributed by atoms with Gasteiger partial charge in [-0.05, 0) is 50.5 Å². The fraction of sp³-hybridized carbons (Fsp3) is 0.381. The van der Waals surface area contributed by atoms with Gasteiger partial charge in [0.25, 0.3) is 5.91 Å². The number of nitrogens with one attached hydrogen (secondary N) is 1. The number of esters is 1. The van der Waals surface area contributed by atoms with Gasteiger partial charge in [-0.25, -0.2) is 10.2 Å². The molecule has 1 aromatic heterocycles. The lowest BCUT2D eigenvalue weighted by atomic mass is 9.93. The average Bonchev–Trinajstić information content (AvgIpc) is 3.07. The van der Waals surface area contributed by atoms with Crippen LogP contribution in [0.3, 0.4) is 0 Å². The third-order valence-corrected chi connectivity index (χ3v) is 4.59. The Morgan fingerprint density at radius 2 is 1.96 bits per heavy atom. The van der Waals surface area contributed by atoms with Crippen LogP contribution in [0.4, 0.5) is 0 Å². The number of hydrogen-bond donors (Lipinski definition) is 1. The molecule has 1 heterocycles. The Morgan fingerprint density at radius 1 is 1.21 bits per heavy atom. The van der Waals surface area contributed by atoms with Crippen LogP contribution in [0, 0.1) is 6.92 Å². The first kappa shape index (κ1) is 19.7. The minimum Gasteiger partial charge on any atom is -0.497 e. The highest BCUT2D eigenvalue weighted by molar-refractivity contribution is 6.06. The number of rotatable bonds is 6. The quantitative estimate of drug-likeness (QED) is 0.607. The molecule has 1 amide bonds. The average molecular weight is 384 g/mol. The van der Waals surface area contributed by atoms with E-state index in [0.717, 1.165) is 24.8 Å². The maximum absolute atomic E-state index is 12.4. The molecule has 148 valence electrons. The third-order valence-electron chi connectivity index (χ3n) is 4.59. The molecule has 1 aromatic carbocycles. The zero-order chi connectivity index (χ0) is 20.1. The maximum Gasteiger partial charge on any atom is 0.374 e. The number of amides is 1. The number of carbonyl (C=O) groups excluding carboxylic acids is 2. The highest BCUT2D eigenvalue weighted by Gasteiger charge is 2.28. The molecule has 0 saturated heterocycles. The molecule has 0 fully saturated rings. The van der Waals surface area contributed by atoms with Gasteiger partial charge in [0.15, 0.2) is 0 Å². The molecular weight excluding hydrogens is 360 g/mol. The molecule has 0 saturated carbocycles. The number of furan rings is 1. The van der Waals surface area contributed by atoms with Gasteiger partial charge in [0.05, 0.1) is 19.4 Å². The minimum absolute atomic E-state index is 0.217. The summed E-state index contributed by atoms with van der Waals surface area (Å²) in [7, 11) is 1.57. The number of nitrogens with zero attached hydrogens (tertiary/aromatic N) is 1. The van der Waals surface area contributed by atoms with Crippen molar-refractivity contribution in [3.05, 3.63) is 52.5 Å². The number of fused-ring (bicyclic) bond motifs is 1. The van der Waals surface area contributed by atoms with Crippen LogP contribution in [-0.4, -0.2) is 31.3 Å². The Balaban J connectivity index is 1.80. The van der Waals surface area contributed by atoms with Crippen molar-refractivity contribution < 1.29 is 23.5 Å². The van der Waals surface area contributed by atoms with Gasteiger partial charge in [0, 0.05) is 23.1 Å². The van der Waals surface area contributed by atoms with Gasteiger partial charge in [-0.3, -0.25) is 4.79 Å². The molecule has 0 bridgehead atoms. The summed E-state index contributed by atoms with van der Waals surface area (Å²) in [6.45, 7) is 4.10. The molecule has 0 radical (unpaired) electrons. The fourth-order valence-electron chi connectivity index (χ4n) is 3.16. The first-order valence-corrected chi connectivity index (χ1v) is 9.35. The van der Waals surface area contributed by atoms with Crippen LogP contribution in [-0.2, 0) is 11.2 Å². The zero-order valence-electron chi connectivity index (χ0n) is 16.3. The summed E-state index contributed by atoms with van der Waals surface area (Å²) in [4.78, 5) is 24.6. The topological polar surface area (TPSA) is 90.1 Å². The van der Waals surface area contributed by atoms with Gasteiger partial charge in [-0.2, -0.15) is 5.10 Å². The number of hydrogen-bond acceptors (Lipinski definition) is 6. The lowest BCUT2D eigenvalue weighted by Gasteiger charge is -2.13. The van der Waals surface area contributed by atoms with Crippen LogP contribution in [0.1, 0.15) is 64.0 Å². The summed E-state index contributed by atoms with van der Waals surface area (Å²) in [6.07, 6.45) is 3.00. The first-order chi connectivity index (χ1) is 13.5. The number of hydrazone groups is 1. The largest absolute Gasteiger partial charge is 0.497 e. The molecule has 1 aliphatic rings. The Kier molecular flexibility index (Phi) is 6.13. The predicted molar refractivity (Wildman–Crippen MR) is 104 cm³/mol. The Labute approximate surface area is 163 Å². The van der Waals surface area contributed by atoms with Crippen molar-refractivity contribution in [2.75, 3.05) is 13.7 Å². The highest BCUT2D eigenvalue weighted by atomic mass is 16.5. The van der Waals surface area contributed by atoms with E-state index in [1.807, 2.05) is 13.8 Å². The molecule has 1 aliphatic carbocycles. The van der Waals surface area contributed by atoms with Gasteiger partial charge in [0.1, 0.15) is 11.5 Å². The molecule has 0 aliphatic heterocycles. The lowest BCUT2D eigenvalue weighted by Crippen LogP contribution is -2.22. The van der Waals surface area contributed by atoms with E-state index in [0.29, 0.717) is 41.4 Å². The molecule has 0 unspecified atom stereocenters. The highest BCUT2D eigenvalue weighted by Crippen LogP contribution is 2.30. The molecule has 0 spiro atoms. The molecule has 7 heteroatoms.